The van der Waals surface area contributed by atoms with Gasteiger partial charge in [0.15, 0.2) is 0 Å². The third-order valence-electron chi connectivity index (χ3n) is 14.1. The maximum absolute atomic E-state index is 7.08. The minimum atomic E-state index is -0.552. The molecule has 1 nitrogen and oxygen atoms in total. The molecule has 3 aliphatic carbocycles. The molecule has 14 rings (SSSR count). The molecule has 4 aliphatic rings. The van der Waals surface area contributed by atoms with Gasteiger partial charge in [0.05, 0.1) is 10.8 Å². The Morgan fingerprint density at radius 3 is 1.44 bits per heavy atom. The summed E-state index contributed by atoms with van der Waals surface area (Å²) in [5.41, 5.74) is 19.7. The van der Waals surface area contributed by atoms with Gasteiger partial charge in [-0.25, -0.2) is 0 Å². The molecule has 272 valence electrons. The first-order chi connectivity index (χ1) is 29.3. The van der Waals surface area contributed by atoms with Gasteiger partial charge in [0.2, 0.25) is 0 Å². The van der Waals surface area contributed by atoms with Gasteiger partial charge in [-0.15, -0.1) is 0 Å². The maximum Gasteiger partial charge on any atom is 0.140 e. The Balaban J connectivity index is 1.02. The van der Waals surface area contributed by atoms with Crippen molar-refractivity contribution in [2.75, 3.05) is 0 Å². The molecule has 10 aromatic carbocycles. The highest BCUT2D eigenvalue weighted by molar-refractivity contribution is 6.06. The Morgan fingerprint density at radius 2 is 0.746 bits per heavy atom. The second-order valence-corrected chi connectivity index (χ2v) is 16.6. The van der Waals surface area contributed by atoms with E-state index in [-0.39, 0.29) is 0 Å². The summed E-state index contributed by atoms with van der Waals surface area (Å²) in [5, 5.41) is 4.90. The lowest BCUT2D eigenvalue weighted by atomic mass is 9.65. The highest BCUT2D eigenvalue weighted by Gasteiger charge is 2.53. The molecule has 1 atom stereocenters. The number of fused-ring (bicyclic) bond motifs is 23. The van der Waals surface area contributed by atoms with Crippen LogP contribution < -0.4 is 4.74 Å². The van der Waals surface area contributed by atoms with Gasteiger partial charge >= 0.3 is 0 Å². The van der Waals surface area contributed by atoms with Gasteiger partial charge in [-0.3, -0.25) is 0 Å². The molecule has 1 heteroatoms. The van der Waals surface area contributed by atoms with E-state index >= 15 is 0 Å². The van der Waals surface area contributed by atoms with E-state index in [4.69, 9.17) is 4.74 Å². The van der Waals surface area contributed by atoms with Crippen molar-refractivity contribution < 1.29 is 4.74 Å². The lowest BCUT2D eigenvalue weighted by molar-refractivity contribution is 0.442. The van der Waals surface area contributed by atoms with Crippen LogP contribution in [0.4, 0.5) is 0 Å². The SMILES string of the molecule is c1ccc2c(c1)-c1ccccc1C21c2cc(-c3ccc4c(c3)-c3ccccc3C43c4ccccc4-c4c3ccc3ccccc43)ccc2Oc2c1ccc1ccccc21. The zero-order chi connectivity index (χ0) is 38.5. The van der Waals surface area contributed by atoms with Crippen LogP contribution in [0.2, 0.25) is 0 Å². The molecule has 1 unspecified atom stereocenters. The van der Waals surface area contributed by atoms with Gasteiger partial charge in [0.1, 0.15) is 11.5 Å². The highest BCUT2D eigenvalue weighted by atomic mass is 16.5. The van der Waals surface area contributed by atoms with E-state index in [1.165, 1.54) is 105 Å². The largest absolute Gasteiger partial charge is 0.456 e. The lowest BCUT2D eigenvalue weighted by Crippen LogP contribution is -2.32. The zero-order valence-corrected chi connectivity index (χ0v) is 32.0. The van der Waals surface area contributed by atoms with Crippen molar-refractivity contribution in [3.8, 4) is 56.0 Å². The third-order valence-corrected chi connectivity index (χ3v) is 14.1. The molecule has 0 amide bonds. The fourth-order valence-corrected chi connectivity index (χ4v) is 11.9. The number of hydrogen-bond acceptors (Lipinski definition) is 1. The summed E-state index contributed by atoms with van der Waals surface area (Å²) in [6.45, 7) is 0. The number of hydrogen-bond donors (Lipinski definition) is 0. The number of rotatable bonds is 1. The molecule has 10 aromatic rings. The average Bonchev–Trinajstić information content (AvgIpc) is 3.89. The highest BCUT2D eigenvalue weighted by Crippen LogP contribution is 2.65. The van der Waals surface area contributed by atoms with Crippen molar-refractivity contribution in [2.24, 2.45) is 0 Å². The van der Waals surface area contributed by atoms with Crippen molar-refractivity contribution in [3.05, 3.63) is 251 Å². The molecule has 2 spiro atoms. The maximum atomic E-state index is 7.08. The van der Waals surface area contributed by atoms with E-state index in [0.717, 1.165) is 16.9 Å². The van der Waals surface area contributed by atoms with Gasteiger partial charge in [-0.1, -0.05) is 188 Å². The van der Waals surface area contributed by atoms with E-state index in [9.17, 15) is 0 Å². The number of ether oxygens (including phenoxy) is 1. The molecular weight excluding hydrogens is 713 g/mol. The summed E-state index contributed by atoms with van der Waals surface area (Å²) in [7, 11) is 0. The predicted molar refractivity (Wildman–Crippen MR) is 241 cm³/mol. The first-order valence-electron chi connectivity index (χ1n) is 20.7. The average molecular weight is 747 g/mol. The van der Waals surface area contributed by atoms with Crippen molar-refractivity contribution in [1.29, 1.82) is 0 Å². The Bertz CT molecular complexity index is 3450. The smallest absolute Gasteiger partial charge is 0.140 e. The summed E-state index contributed by atoms with van der Waals surface area (Å²) < 4.78 is 7.08. The molecule has 0 saturated heterocycles. The fourth-order valence-electron chi connectivity index (χ4n) is 11.9. The van der Waals surface area contributed by atoms with Crippen molar-refractivity contribution >= 4 is 21.5 Å². The van der Waals surface area contributed by atoms with Gasteiger partial charge in [-0.05, 0) is 112 Å². The fraction of sp³-hybridized carbons (Fsp3) is 0.0345. The van der Waals surface area contributed by atoms with Crippen molar-refractivity contribution in [2.45, 2.75) is 10.8 Å². The van der Waals surface area contributed by atoms with Crippen LogP contribution in [0.5, 0.6) is 11.5 Å². The van der Waals surface area contributed by atoms with Crippen LogP contribution in [0, 0.1) is 0 Å². The topological polar surface area (TPSA) is 9.23 Å². The molecule has 0 saturated carbocycles. The Kier molecular flexibility index (Phi) is 5.96. The predicted octanol–water partition coefficient (Wildman–Crippen LogP) is 14.5. The Hall–Kier alpha value is -7.48. The van der Waals surface area contributed by atoms with Crippen molar-refractivity contribution in [1.82, 2.24) is 0 Å². The first-order valence-corrected chi connectivity index (χ1v) is 20.7. The molecule has 0 radical (unpaired) electrons. The van der Waals surface area contributed by atoms with Gasteiger partial charge in [0.25, 0.3) is 0 Å². The van der Waals surface area contributed by atoms with E-state index in [0.29, 0.717) is 0 Å². The summed E-state index contributed by atoms with van der Waals surface area (Å²) >= 11 is 0. The second-order valence-electron chi connectivity index (χ2n) is 16.6. The van der Waals surface area contributed by atoms with Crippen LogP contribution in [0.15, 0.2) is 206 Å². The van der Waals surface area contributed by atoms with Gasteiger partial charge < -0.3 is 4.74 Å². The second kappa shape index (κ2) is 11.1. The summed E-state index contributed by atoms with van der Waals surface area (Å²) in [6.07, 6.45) is 0. The lowest BCUT2D eigenvalue weighted by Gasteiger charge is -2.40. The first kappa shape index (κ1) is 31.6. The van der Waals surface area contributed by atoms with Crippen LogP contribution >= 0.6 is 0 Å². The number of benzene rings is 10. The molecule has 1 aliphatic heterocycles. The van der Waals surface area contributed by atoms with Gasteiger partial charge in [-0.2, -0.15) is 0 Å². The van der Waals surface area contributed by atoms with Crippen LogP contribution in [0.25, 0.3) is 66.1 Å². The molecule has 0 fully saturated rings. The Labute approximate surface area is 342 Å². The summed E-state index contributed by atoms with van der Waals surface area (Å²) in [5.74, 6) is 1.85. The normalized spacial score (nSPS) is 16.5. The molecule has 1 heterocycles. The summed E-state index contributed by atoms with van der Waals surface area (Å²) in [4.78, 5) is 0. The summed E-state index contributed by atoms with van der Waals surface area (Å²) in [6, 6.07) is 77.2. The molecule has 0 bridgehead atoms. The monoisotopic (exact) mass is 746 g/mol. The molecule has 0 aromatic heterocycles. The van der Waals surface area contributed by atoms with Crippen LogP contribution in [0.3, 0.4) is 0 Å². The van der Waals surface area contributed by atoms with E-state index in [2.05, 4.69) is 206 Å². The van der Waals surface area contributed by atoms with Crippen molar-refractivity contribution in [3.63, 3.8) is 0 Å². The molecular formula is C58H34O. The van der Waals surface area contributed by atoms with E-state index in [1.54, 1.807) is 0 Å². The standard InChI is InChI=1S/C58H34O/c1-3-15-39-35(13-1)25-30-51-55(39)44-20-8-12-24-49(44)57(51)48-23-11-7-19-43(48)45-33-37(27-29-50(45)57)38-28-32-54-53(34-38)58(52-31-26-36-14-2-4-16-40(36)56(52)59-54)46-21-9-5-17-41(46)42-18-6-10-22-47(42)58/h1-34H. The third kappa shape index (κ3) is 3.73. The quantitative estimate of drug-likeness (QED) is 0.163. The van der Waals surface area contributed by atoms with E-state index < -0.39 is 10.8 Å². The molecule has 59 heavy (non-hydrogen) atoms. The minimum Gasteiger partial charge on any atom is -0.456 e. The van der Waals surface area contributed by atoms with E-state index in [1.807, 2.05) is 0 Å². The minimum absolute atomic E-state index is 0.405. The van der Waals surface area contributed by atoms with Crippen LogP contribution in [0.1, 0.15) is 44.5 Å². The molecule has 0 N–H and O–H groups in total. The Morgan fingerprint density at radius 1 is 0.288 bits per heavy atom. The van der Waals surface area contributed by atoms with Crippen LogP contribution in [-0.2, 0) is 10.8 Å². The van der Waals surface area contributed by atoms with Crippen LogP contribution in [-0.4, -0.2) is 0 Å². The zero-order valence-electron chi connectivity index (χ0n) is 32.0. The van der Waals surface area contributed by atoms with Gasteiger partial charge in [0, 0.05) is 16.5 Å².